The summed E-state index contributed by atoms with van der Waals surface area (Å²) in [6, 6.07) is 16.9. The van der Waals surface area contributed by atoms with Crippen LogP contribution in [0.1, 0.15) is 77.4 Å². The highest BCUT2D eigenvalue weighted by Crippen LogP contribution is 2.66. The normalized spacial score (nSPS) is 20.8. The molecular weight excluding hydrogens is 595 g/mol. The molecule has 0 radical (unpaired) electrons. The Morgan fingerprint density at radius 1 is 1.02 bits per heavy atom. The van der Waals surface area contributed by atoms with Gasteiger partial charge in [0.25, 0.3) is 5.91 Å². The van der Waals surface area contributed by atoms with Crippen LogP contribution in [0.25, 0.3) is 22.2 Å². The van der Waals surface area contributed by atoms with Gasteiger partial charge in [0.2, 0.25) is 10.0 Å². The fourth-order valence-electron chi connectivity index (χ4n) is 7.67. The maximum Gasteiger partial charge on any atom is 0.314 e. The SMILES string of the molecule is COC(=O)C12CC1c1cc(OC)ccc1-c1c(C3CCCCC3)c3ccc(C(=O)NS(=O)(=O)Cc4ccccc4F)cc3n1C2. The van der Waals surface area contributed by atoms with Crippen LogP contribution in [0.5, 0.6) is 5.75 Å². The largest absolute Gasteiger partial charge is 0.497 e. The first-order chi connectivity index (χ1) is 21.7. The molecule has 1 aromatic heterocycles. The summed E-state index contributed by atoms with van der Waals surface area (Å²) in [5.41, 5.74) is 4.47. The van der Waals surface area contributed by atoms with Crippen molar-refractivity contribution in [2.75, 3.05) is 14.2 Å². The van der Waals surface area contributed by atoms with Gasteiger partial charge in [-0.2, -0.15) is 0 Å². The van der Waals surface area contributed by atoms with Gasteiger partial charge in [0, 0.05) is 40.1 Å². The zero-order valence-electron chi connectivity index (χ0n) is 25.3. The molecule has 1 N–H and O–H groups in total. The van der Waals surface area contributed by atoms with Crippen LogP contribution in [0, 0.1) is 11.2 Å². The molecule has 2 aliphatic carbocycles. The van der Waals surface area contributed by atoms with E-state index in [1.807, 2.05) is 18.2 Å². The number of hydrogen-bond donors (Lipinski definition) is 1. The van der Waals surface area contributed by atoms with E-state index in [2.05, 4.69) is 15.4 Å². The van der Waals surface area contributed by atoms with Gasteiger partial charge in [-0.05, 0) is 72.7 Å². The molecule has 10 heteroatoms. The van der Waals surface area contributed by atoms with Crippen LogP contribution in [0.2, 0.25) is 0 Å². The van der Waals surface area contributed by atoms with Crippen molar-refractivity contribution >= 4 is 32.8 Å². The van der Waals surface area contributed by atoms with Gasteiger partial charge in [-0.3, -0.25) is 9.59 Å². The summed E-state index contributed by atoms with van der Waals surface area (Å²) in [4.78, 5) is 26.8. The van der Waals surface area contributed by atoms with Crippen molar-refractivity contribution < 1.29 is 31.9 Å². The van der Waals surface area contributed by atoms with Gasteiger partial charge in [-0.25, -0.2) is 17.5 Å². The molecule has 8 nitrogen and oxygen atoms in total. The molecule has 1 amide bonds. The highest BCUT2D eigenvalue weighted by Gasteiger charge is 2.64. The van der Waals surface area contributed by atoms with Gasteiger partial charge < -0.3 is 14.0 Å². The Morgan fingerprint density at radius 2 is 1.80 bits per heavy atom. The Bertz CT molecular complexity index is 1960. The predicted molar refractivity (Wildman–Crippen MR) is 168 cm³/mol. The minimum absolute atomic E-state index is 0.0234. The highest BCUT2D eigenvalue weighted by molar-refractivity contribution is 7.89. The van der Waals surface area contributed by atoms with Crippen molar-refractivity contribution in [3.8, 4) is 17.0 Å². The van der Waals surface area contributed by atoms with Crippen LogP contribution in [-0.2, 0) is 31.9 Å². The maximum absolute atomic E-state index is 14.2. The number of methoxy groups -OCH3 is 2. The first kappa shape index (κ1) is 29.5. The number of carbonyl (C=O) groups is 2. The van der Waals surface area contributed by atoms with E-state index in [1.54, 1.807) is 25.3 Å². The first-order valence-electron chi connectivity index (χ1n) is 15.4. The molecule has 45 heavy (non-hydrogen) atoms. The third-order valence-corrected chi connectivity index (χ3v) is 11.1. The summed E-state index contributed by atoms with van der Waals surface area (Å²) in [5, 5.41) is 0.989. The van der Waals surface area contributed by atoms with Crippen LogP contribution in [0.3, 0.4) is 0 Å². The topological polar surface area (TPSA) is 104 Å². The van der Waals surface area contributed by atoms with Crippen molar-refractivity contribution in [1.82, 2.24) is 9.29 Å². The van der Waals surface area contributed by atoms with E-state index >= 15 is 0 Å². The number of carbonyl (C=O) groups excluding carboxylic acids is 2. The van der Waals surface area contributed by atoms with E-state index in [9.17, 15) is 22.4 Å². The molecule has 3 aliphatic rings. The number of esters is 1. The molecule has 1 aliphatic heterocycles. The second kappa shape index (κ2) is 11.0. The number of rotatable bonds is 7. The summed E-state index contributed by atoms with van der Waals surface area (Å²) in [6.45, 7) is 0.372. The average Bonchev–Trinajstić information content (AvgIpc) is 3.71. The molecule has 0 spiro atoms. The first-order valence-corrected chi connectivity index (χ1v) is 17.0. The minimum atomic E-state index is -4.19. The number of benzene rings is 3. The van der Waals surface area contributed by atoms with Gasteiger partial charge in [-0.1, -0.05) is 43.5 Å². The van der Waals surface area contributed by atoms with Gasteiger partial charge in [0.05, 0.1) is 31.1 Å². The standard InChI is InChI=1S/C35H35FN2O6S/c1-43-24-13-15-25-27(17-24)28-18-35(28,34(40)44-2)20-38-30-16-22(12-14-26(30)31(32(25)38)21-8-4-3-5-9-21)33(39)37-45(41,42)19-23-10-6-7-11-29(23)36/h6-7,10-17,21,28H,3-5,8-9,18-20H2,1-2H3,(H,37,39). The number of fused-ring (bicyclic) bond motifs is 7. The smallest absolute Gasteiger partial charge is 0.314 e. The molecule has 0 bridgehead atoms. The number of halogens is 1. The second-order valence-electron chi connectivity index (χ2n) is 12.6. The van der Waals surface area contributed by atoms with E-state index in [0.29, 0.717) is 18.9 Å². The average molecular weight is 631 g/mol. The van der Waals surface area contributed by atoms with Crippen molar-refractivity contribution in [2.24, 2.45) is 5.41 Å². The van der Waals surface area contributed by atoms with Gasteiger partial charge >= 0.3 is 5.97 Å². The molecule has 0 saturated heterocycles. The molecule has 234 valence electrons. The number of ether oxygens (including phenoxy) is 2. The lowest BCUT2D eigenvalue weighted by molar-refractivity contribution is -0.147. The lowest BCUT2D eigenvalue weighted by Gasteiger charge is -2.24. The summed E-state index contributed by atoms with van der Waals surface area (Å²) in [6.07, 6.45) is 6.16. The molecule has 3 aromatic carbocycles. The van der Waals surface area contributed by atoms with Gasteiger partial charge in [0.15, 0.2) is 0 Å². The monoisotopic (exact) mass is 630 g/mol. The molecule has 2 atom stereocenters. The van der Waals surface area contributed by atoms with Crippen LogP contribution >= 0.6 is 0 Å². The van der Waals surface area contributed by atoms with Crippen molar-refractivity contribution in [2.45, 2.75) is 62.7 Å². The van der Waals surface area contributed by atoms with Crippen LogP contribution in [0.4, 0.5) is 4.39 Å². The summed E-state index contributed by atoms with van der Waals surface area (Å²) in [7, 11) is -1.14. The zero-order chi connectivity index (χ0) is 31.5. The van der Waals surface area contributed by atoms with Crippen molar-refractivity contribution in [3.63, 3.8) is 0 Å². The Balaban J connectivity index is 1.37. The van der Waals surface area contributed by atoms with Gasteiger partial charge in [-0.15, -0.1) is 0 Å². The fraction of sp³-hybridized carbons (Fsp3) is 0.371. The van der Waals surface area contributed by atoms with Crippen molar-refractivity contribution in [1.29, 1.82) is 0 Å². The molecule has 4 aromatic rings. The maximum atomic E-state index is 14.2. The molecule has 2 heterocycles. The Labute approximate surface area is 261 Å². The summed E-state index contributed by atoms with van der Waals surface area (Å²) in [5.74, 6) is -1.41. The lowest BCUT2D eigenvalue weighted by atomic mass is 9.81. The highest BCUT2D eigenvalue weighted by atomic mass is 32.2. The molecular formula is C35H35FN2O6S. The van der Waals surface area contributed by atoms with Gasteiger partial charge in [0.1, 0.15) is 11.6 Å². The van der Waals surface area contributed by atoms with E-state index in [1.165, 1.54) is 37.3 Å². The van der Waals surface area contributed by atoms with Crippen LogP contribution < -0.4 is 9.46 Å². The molecule has 2 unspecified atom stereocenters. The quantitative estimate of drug-likeness (QED) is 0.236. The van der Waals surface area contributed by atoms with Crippen LogP contribution in [0.15, 0.2) is 60.7 Å². The number of amides is 1. The predicted octanol–water partition coefficient (Wildman–Crippen LogP) is 6.42. The Morgan fingerprint density at radius 3 is 2.53 bits per heavy atom. The van der Waals surface area contributed by atoms with Crippen LogP contribution in [-0.4, -0.2) is 39.1 Å². The molecule has 2 saturated carbocycles. The molecule has 7 rings (SSSR count). The number of sulfonamides is 1. The third-order valence-electron chi connectivity index (χ3n) is 9.93. The Kier molecular flexibility index (Phi) is 7.23. The van der Waals surface area contributed by atoms with E-state index in [-0.39, 0.29) is 23.0 Å². The summed E-state index contributed by atoms with van der Waals surface area (Å²) < 4.78 is 55.2. The van der Waals surface area contributed by atoms with E-state index in [4.69, 9.17) is 9.47 Å². The lowest BCUT2D eigenvalue weighted by Crippen LogP contribution is -2.31. The second-order valence-corrected chi connectivity index (χ2v) is 14.3. The van der Waals surface area contributed by atoms with Crippen molar-refractivity contribution in [3.05, 3.63) is 88.7 Å². The Hall–Kier alpha value is -4.18. The minimum Gasteiger partial charge on any atom is -0.497 e. The zero-order valence-corrected chi connectivity index (χ0v) is 26.1. The third kappa shape index (κ3) is 4.99. The number of nitrogens with zero attached hydrogens (tertiary/aromatic N) is 1. The van der Waals surface area contributed by atoms with E-state index in [0.717, 1.165) is 59.2 Å². The molecule has 2 fully saturated rings. The fourth-order valence-corrected chi connectivity index (χ4v) is 8.78. The number of aromatic nitrogens is 1. The summed E-state index contributed by atoms with van der Waals surface area (Å²) >= 11 is 0. The number of nitrogens with one attached hydrogen (secondary N) is 1. The number of hydrogen-bond acceptors (Lipinski definition) is 6. The van der Waals surface area contributed by atoms with E-state index < -0.39 is 32.9 Å².